The lowest BCUT2D eigenvalue weighted by atomic mass is 10.1. The van der Waals surface area contributed by atoms with Gasteiger partial charge in [0.15, 0.2) is 0 Å². The van der Waals surface area contributed by atoms with Crippen LogP contribution in [-0.2, 0) is 21.1 Å². The quantitative estimate of drug-likeness (QED) is 0.787. The van der Waals surface area contributed by atoms with E-state index in [0.29, 0.717) is 19.4 Å². The molecular weight excluding hydrogens is 276 g/mol. The van der Waals surface area contributed by atoms with Gasteiger partial charge in [-0.05, 0) is 18.1 Å². The first-order valence-corrected chi connectivity index (χ1v) is 8.51. The van der Waals surface area contributed by atoms with E-state index >= 15 is 0 Å². The fourth-order valence-electron chi connectivity index (χ4n) is 2.08. The highest BCUT2D eigenvalue weighted by Gasteiger charge is 2.08. The number of amides is 1. The van der Waals surface area contributed by atoms with Crippen molar-refractivity contribution in [2.45, 2.75) is 12.8 Å². The first-order valence-electron chi connectivity index (χ1n) is 6.45. The van der Waals surface area contributed by atoms with Gasteiger partial charge in [-0.15, -0.1) is 0 Å². The largest absolute Gasteiger partial charge is 0.361 e. The third-order valence-electron chi connectivity index (χ3n) is 3.04. The van der Waals surface area contributed by atoms with Crippen molar-refractivity contribution in [3.8, 4) is 0 Å². The molecule has 0 bridgehead atoms. The molecule has 0 aliphatic heterocycles. The summed E-state index contributed by atoms with van der Waals surface area (Å²) in [6.45, 7) is 0.383. The number of hydrogen-bond acceptors (Lipinski definition) is 3. The first kappa shape index (κ1) is 14.6. The molecule has 0 saturated carbocycles. The predicted octanol–water partition coefficient (Wildman–Crippen LogP) is 1.26. The summed E-state index contributed by atoms with van der Waals surface area (Å²) in [5, 5.41) is 3.78. The van der Waals surface area contributed by atoms with E-state index in [1.807, 2.05) is 30.5 Å². The van der Waals surface area contributed by atoms with Crippen LogP contribution >= 0.6 is 0 Å². The average molecular weight is 294 g/mol. The molecule has 2 N–H and O–H groups in total. The van der Waals surface area contributed by atoms with E-state index in [9.17, 15) is 13.2 Å². The fraction of sp³-hybridized carbons (Fsp3) is 0.357. The summed E-state index contributed by atoms with van der Waals surface area (Å²) < 4.78 is 21.9. The van der Waals surface area contributed by atoms with Crippen LogP contribution in [-0.4, -0.2) is 37.9 Å². The molecule has 1 amide bonds. The molecule has 0 aliphatic carbocycles. The van der Waals surface area contributed by atoms with Gasteiger partial charge in [0, 0.05) is 29.9 Å². The number of fused-ring (bicyclic) bond motifs is 1. The van der Waals surface area contributed by atoms with Gasteiger partial charge in [0.1, 0.15) is 9.84 Å². The number of aromatic amines is 1. The maximum absolute atomic E-state index is 11.8. The Labute approximate surface area is 118 Å². The van der Waals surface area contributed by atoms with Crippen molar-refractivity contribution < 1.29 is 13.2 Å². The highest BCUT2D eigenvalue weighted by molar-refractivity contribution is 7.90. The summed E-state index contributed by atoms with van der Waals surface area (Å²) in [5.74, 6) is 0.00338. The van der Waals surface area contributed by atoms with Crippen LogP contribution in [0.15, 0.2) is 30.5 Å². The number of aromatic nitrogens is 1. The Balaban J connectivity index is 1.86. The summed E-state index contributed by atoms with van der Waals surface area (Å²) in [7, 11) is -2.96. The minimum Gasteiger partial charge on any atom is -0.361 e. The molecule has 0 fully saturated rings. The van der Waals surface area contributed by atoms with Crippen molar-refractivity contribution in [1.29, 1.82) is 0 Å². The average Bonchev–Trinajstić information content (AvgIpc) is 2.77. The van der Waals surface area contributed by atoms with Crippen molar-refractivity contribution in [2.24, 2.45) is 0 Å². The molecule has 5 nitrogen and oxygen atoms in total. The van der Waals surface area contributed by atoms with E-state index in [0.717, 1.165) is 16.5 Å². The van der Waals surface area contributed by atoms with Crippen molar-refractivity contribution in [3.63, 3.8) is 0 Å². The molecule has 2 rings (SSSR count). The lowest BCUT2D eigenvalue weighted by Crippen LogP contribution is -2.27. The van der Waals surface area contributed by atoms with Gasteiger partial charge in [0.05, 0.1) is 12.2 Å². The third-order valence-corrected chi connectivity index (χ3v) is 4.07. The van der Waals surface area contributed by atoms with Gasteiger partial charge in [-0.2, -0.15) is 0 Å². The number of carbonyl (C=O) groups is 1. The first-order chi connectivity index (χ1) is 9.46. The van der Waals surface area contributed by atoms with Crippen molar-refractivity contribution >= 4 is 26.6 Å². The highest BCUT2D eigenvalue weighted by atomic mass is 32.2. The number of carbonyl (C=O) groups excluding carboxylic acids is 1. The Kier molecular flexibility index (Phi) is 4.44. The van der Waals surface area contributed by atoms with E-state index in [2.05, 4.69) is 10.3 Å². The lowest BCUT2D eigenvalue weighted by molar-refractivity contribution is -0.120. The zero-order valence-electron chi connectivity index (χ0n) is 11.3. The lowest BCUT2D eigenvalue weighted by Gasteiger charge is -2.04. The Bertz CT molecular complexity index is 704. The predicted molar refractivity (Wildman–Crippen MR) is 79.3 cm³/mol. The molecule has 1 heterocycles. The molecular formula is C14H18N2O3S. The Morgan fingerprint density at radius 3 is 2.80 bits per heavy atom. The Hall–Kier alpha value is -1.82. The molecule has 2 aromatic rings. The van der Waals surface area contributed by atoms with Crippen LogP contribution in [0, 0.1) is 0 Å². The van der Waals surface area contributed by atoms with Crippen LogP contribution in [0.3, 0.4) is 0 Å². The third kappa shape index (κ3) is 4.09. The molecule has 6 heteroatoms. The highest BCUT2D eigenvalue weighted by Crippen LogP contribution is 2.17. The second-order valence-corrected chi connectivity index (χ2v) is 7.13. The van der Waals surface area contributed by atoms with Crippen LogP contribution in [0.1, 0.15) is 12.0 Å². The van der Waals surface area contributed by atoms with Gasteiger partial charge in [-0.25, -0.2) is 8.42 Å². The summed E-state index contributed by atoms with van der Waals surface area (Å²) in [6.07, 6.45) is 3.77. The molecule has 0 atom stereocenters. The molecule has 0 radical (unpaired) electrons. The van der Waals surface area contributed by atoms with Crippen molar-refractivity contribution in [2.75, 3.05) is 18.6 Å². The topological polar surface area (TPSA) is 79.0 Å². The second kappa shape index (κ2) is 6.09. The van der Waals surface area contributed by atoms with Gasteiger partial charge >= 0.3 is 0 Å². The van der Waals surface area contributed by atoms with E-state index in [-0.39, 0.29) is 11.7 Å². The van der Waals surface area contributed by atoms with Crippen LogP contribution in [0.2, 0.25) is 0 Å². The number of hydrogen-bond donors (Lipinski definition) is 2. The molecule has 108 valence electrons. The van der Waals surface area contributed by atoms with Gasteiger partial charge in [0.25, 0.3) is 0 Å². The van der Waals surface area contributed by atoms with Crippen LogP contribution in [0.5, 0.6) is 0 Å². The van der Waals surface area contributed by atoms with Crippen LogP contribution in [0.4, 0.5) is 0 Å². The number of nitrogens with one attached hydrogen (secondary N) is 2. The fourth-order valence-corrected chi connectivity index (χ4v) is 2.74. The van der Waals surface area contributed by atoms with Crippen molar-refractivity contribution in [3.05, 3.63) is 36.0 Å². The molecule has 0 saturated heterocycles. The van der Waals surface area contributed by atoms with Crippen molar-refractivity contribution in [1.82, 2.24) is 10.3 Å². The number of rotatable bonds is 6. The molecule has 0 unspecified atom stereocenters. The van der Waals surface area contributed by atoms with E-state index in [1.165, 1.54) is 6.26 Å². The van der Waals surface area contributed by atoms with E-state index < -0.39 is 9.84 Å². The number of H-pyrrole nitrogens is 1. The summed E-state index contributed by atoms with van der Waals surface area (Å²) in [4.78, 5) is 14.9. The second-order valence-electron chi connectivity index (χ2n) is 4.87. The maximum Gasteiger partial charge on any atom is 0.224 e. The van der Waals surface area contributed by atoms with Crippen LogP contribution in [0.25, 0.3) is 10.9 Å². The van der Waals surface area contributed by atoms with E-state index in [4.69, 9.17) is 0 Å². The molecule has 1 aromatic carbocycles. The molecule has 0 aliphatic rings. The van der Waals surface area contributed by atoms with Gasteiger partial charge in [-0.3, -0.25) is 4.79 Å². The zero-order valence-corrected chi connectivity index (χ0v) is 12.2. The standard InChI is InChI=1S/C14H18N2O3S/c1-20(18,19)8-4-7-15-14(17)9-11-10-16-13-6-3-2-5-12(11)13/h2-3,5-6,10,16H,4,7-9H2,1H3,(H,15,17). The minimum absolute atomic E-state index is 0.0942. The summed E-state index contributed by atoms with van der Waals surface area (Å²) >= 11 is 0. The monoisotopic (exact) mass is 294 g/mol. The normalized spacial score (nSPS) is 11.7. The minimum atomic E-state index is -2.96. The Morgan fingerprint density at radius 2 is 2.05 bits per heavy atom. The van der Waals surface area contributed by atoms with E-state index in [1.54, 1.807) is 0 Å². The van der Waals surface area contributed by atoms with Gasteiger partial charge in [-0.1, -0.05) is 18.2 Å². The number of benzene rings is 1. The summed E-state index contributed by atoms with van der Waals surface area (Å²) in [5.41, 5.74) is 1.95. The van der Waals surface area contributed by atoms with Gasteiger partial charge < -0.3 is 10.3 Å². The Morgan fingerprint density at radius 1 is 1.30 bits per heavy atom. The molecule has 0 spiro atoms. The number of sulfone groups is 1. The van der Waals surface area contributed by atoms with Gasteiger partial charge in [0.2, 0.25) is 5.91 Å². The summed E-state index contributed by atoms with van der Waals surface area (Å²) in [6, 6.07) is 7.80. The SMILES string of the molecule is CS(=O)(=O)CCCNC(=O)Cc1c[nH]c2ccccc12. The maximum atomic E-state index is 11.8. The molecule has 20 heavy (non-hydrogen) atoms. The zero-order chi connectivity index (χ0) is 14.6. The number of para-hydroxylation sites is 1. The van der Waals surface area contributed by atoms with Crippen LogP contribution < -0.4 is 5.32 Å². The molecule has 1 aromatic heterocycles. The smallest absolute Gasteiger partial charge is 0.224 e.